The van der Waals surface area contributed by atoms with Crippen LogP contribution in [0, 0.1) is 0 Å². The lowest BCUT2D eigenvalue weighted by molar-refractivity contribution is -0.114. The summed E-state index contributed by atoms with van der Waals surface area (Å²) in [6.07, 6.45) is 3.09. The first-order valence-corrected chi connectivity index (χ1v) is 6.27. The van der Waals surface area contributed by atoms with Crippen LogP contribution in [0.4, 0.5) is 11.4 Å². The van der Waals surface area contributed by atoms with Gasteiger partial charge < -0.3 is 15.4 Å². The van der Waals surface area contributed by atoms with Gasteiger partial charge in [-0.25, -0.2) is 0 Å². The lowest BCUT2D eigenvalue weighted by Crippen LogP contribution is -2.13. The Bertz CT molecular complexity index is 662. The van der Waals surface area contributed by atoms with Gasteiger partial charge in [0.05, 0.1) is 12.8 Å². The van der Waals surface area contributed by atoms with Crippen LogP contribution in [0.5, 0.6) is 5.75 Å². The van der Waals surface area contributed by atoms with Crippen LogP contribution in [-0.4, -0.2) is 23.9 Å². The third kappa shape index (κ3) is 4.46. The first-order chi connectivity index (χ1) is 10.1. The maximum absolute atomic E-state index is 12.0. The first kappa shape index (κ1) is 17.5. The van der Waals surface area contributed by atoms with E-state index in [4.69, 9.17) is 4.74 Å². The number of methoxy groups -OCH3 is 1. The van der Waals surface area contributed by atoms with Crippen molar-refractivity contribution >= 4 is 35.6 Å². The smallest absolute Gasteiger partial charge is 0.255 e. The van der Waals surface area contributed by atoms with Gasteiger partial charge in [-0.3, -0.25) is 14.6 Å². The Kier molecular flexibility index (Phi) is 6.34. The normalized spacial score (nSPS) is 9.36. The second-order valence-electron chi connectivity index (χ2n) is 4.29. The summed E-state index contributed by atoms with van der Waals surface area (Å²) in [4.78, 5) is 27.1. The lowest BCUT2D eigenvalue weighted by Gasteiger charge is -2.12. The minimum absolute atomic E-state index is 0. The fourth-order valence-electron chi connectivity index (χ4n) is 1.78. The second-order valence-corrected chi connectivity index (χ2v) is 4.29. The number of ether oxygens (including phenoxy) is 1. The van der Waals surface area contributed by atoms with Crippen LogP contribution in [0.1, 0.15) is 17.3 Å². The molecule has 1 heterocycles. The molecule has 0 saturated carbocycles. The molecule has 2 amide bonds. The average molecular weight is 322 g/mol. The van der Waals surface area contributed by atoms with E-state index in [1.54, 1.807) is 42.7 Å². The number of hydrogen-bond donors (Lipinski definition) is 2. The number of hydrogen-bond acceptors (Lipinski definition) is 4. The molecule has 7 heteroatoms. The van der Waals surface area contributed by atoms with Crippen molar-refractivity contribution in [1.82, 2.24) is 4.98 Å². The highest BCUT2D eigenvalue weighted by Gasteiger charge is 2.09. The molecule has 0 saturated heterocycles. The summed E-state index contributed by atoms with van der Waals surface area (Å²) in [6.45, 7) is 1.40. The van der Waals surface area contributed by atoms with Gasteiger partial charge in [-0.05, 0) is 30.3 Å². The minimum atomic E-state index is -0.253. The van der Waals surface area contributed by atoms with Gasteiger partial charge in [0.2, 0.25) is 5.91 Å². The van der Waals surface area contributed by atoms with E-state index in [1.807, 2.05) is 0 Å². The number of carbonyl (C=O) groups is 2. The number of amides is 2. The summed E-state index contributed by atoms with van der Waals surface area (Å²) in [7, 11) is 1.51. The molecular weight excluding hydrogens is 306 g/mol. The molecule has 2 aromatic rings. The Hall–Kier alpha value is -2.60. The standard InChI is InChI=1S/C15H15N3O3.ClH/c1-10(19)17-13-9-12(3-4-14(13)21-2)18-15(20)11-5-7-16-8-6-11;/h3-9H,1-2H3,(H,17,19)(H,18,20);1H. The molecule has 1 aromatic carbocycles. The number of benzene rings is 1. The van der Waals surface area contributed by atoms with E-state index in [2.05, 4.69) is 15.6 Å². The zero-order valence-electron chi connectivity index (χ0n) is 12.1. The molecule has 0 bridgehead atoms. The van der Waals surface area contributed by atoms with Gasteiger partial charge in [-0.15, -0.1) is 12.4 Å². The van der Waals surface area contributed by atoms with Crippen LogP contribution >= 0.6 is 12.4 Å². The maximum Gasteiger partial charge on any atom is 0.255 e. The van der Waals surface area contributed by atoms with Crippen molar-refractivity contribution in [2.45, 2.75) is 6.92 Å². The van der Waals surface area contributed by atoms with Gasteiger partial charge in [-0.1, -0.05) is 0 Å². The molecule has 2 rings (SSSR count). The van der Waals surface area contributed by atoms with Gasteiger partial charge in [0.1, 0.15) is 5.75 Å². The number of nitrogens with one attached hydrogen (secondary N) is 2. The van der Waals surface area contributed by atoms with E-state index in [9.17, 15) is 9.59 Å². The van der Waals surface area contributed by atoms with Crippen LogP contribution in [0.15, 0.2) is 42.7 Å². The van der Waals surface area contributed by atoms with E-state index in [-0.39, 0.29) is 24.2 Å². The molecule has 2 N–H and O–H groups in total. The number of aromatic nitrogens is 1. The number of halogens is 1. The number of anilines is 2. The van der Waals surface area contributed by atoms with Crippen LogP contribution in [0.25, 0.3) is 0 Å². The lowest BCUT2D eigenvalue weighted by atomic mass is 10.2. The predicted molar refractivity (Wildman–Crippen MR) is 86.7 cm³/mol. The van der Waals surface area contributed by atoms with Gasteiger partial charge in [0, 0.05) is 30.6 Å². The molecule has 116 valence electrons. The minimum Gasteiger partial charge on any atom is -0.495 e. The summed E-state index contributed by atoms with van der Waals surface area (Å²) in [5, 5.41) is 5.40. The maximum atomic E-state index is 12.0. The SMILES string of the molecule is COc1ccc(NC(=O)c2ccncc2)cc1NC(C)=O.Cl. The Balaban J connectivity index is 0.00000242. The Labute approximate surface area is 134 Å². The summed E-state index contributed by atoms with van der Waals surface area (Å²) in [5.41, 5.74) is 1.56. The summed E-state index contributed by atoms with van der Waals surface area (Å²) >= 11 is 0. The van der Waals surface area contributed by atoms with E-state index in [0.29, 0.717) is 22.7 Å². The Morgan fingerprint density at radius 3 is 2.36 bits per heavy atom. The molecule has 0 spiro atoms. The zero-order chi connectivity index (χ0) is 15.2. The van der Waals surface area contributed by atoms with Crippen molar-refractivity contribution in [2.75, 3.05) is 17.7 Å². The van der Waals surface area contributed by atoms with Gasteiger partial charge in [0.25, 0.3) is 5.91 Å². The average Bonchev–Trinajstić information content (AvgIpc) is 2.48. The molecule has 22 heavy (non-hydrogen) atoms. The van der Waals surface area contributed by atoms with E-state index >= 15 is 0 Å². The van der Waals surface area contributed by atoms with Crippen LogP contribution in [-0.2, 0) is 4.79 Å². The number of nitrogens with zero attached hydrogens (tertiary/aromatic N) is 1. The number of rotatable bonds is 4. The first-order valence-electron chi connectivity index (χ1n) is 6.27. The van der Waals surface area contributed by atoms with Crippen molar-refractivity contribution in [1.29, 1.82) is 0 Å². The highest BCUT2D eigenvalue weighted by Crippen LogP contribution is 2.28. The largest absolute Gasteiger partial charge is 0.495 e. The fraction of sp³-hybridized carbons (Fsp3) is 0.133. The van der Waals surface area contributed by atoms with E-state index in [0.717, 1.165) is 0 Å². The monoisotopic (exact) mass is 321 g/mol. The van der Waals surface area contributed by atoms with Crippen molar-refractivity contribution in [2.24, 2.45) is 0 Å². The Morgan fingerprint density at radius 2 is 1.77 bits per heavy atom. The number of carbonyl (C=O) groups excluding carboxylic acids is 2. The third-order valence-corrected chi connectivity index (χ3v) is 2.71. The van der Waals surface area contributed by atoms with Gasteiger partial charge >= 0.3 is 0 Å². The zero-order valence-corrected chi connectivity index (χ0v) is 12.9. The van der Waals surface area contributed by atoms with Crippen LogP contribution < -0.4 is 15.4 Å². The predicted octanol–water partition coefficient (Wildman–Crippen LogP) is 2.72. The van der Waals surface area contributed by atoms with Crippen LogP contribution in [0.3, 0.4) is 0 Å². The molecule has 0 fully saturated rings. The third-order valence-electron chi connectivity index (χ3n) is 2.71. The molecule has 1 aromatic heterocycles. The molecule has 6 nitrogen and oxygen atoms in total. The van der Waals surface area contributed by atoms with Crippen LogP contribution in [0.2, 0.25) is 0 Å². The molecule has 0 aliphatic heterocycles. The highest BCUT2D eigenvalue weighted by molar-refractivity contribution is 6.04. The van der Waals surface area contributed by atoms with Crippen molar-refractivity contribution in [3.05, 3.63) is 48.3 Å². The van der Waals surface area contributed by atoms with Gasteiger partial charge in [-0.2, -0.15) is 0 Å². The highest BCUT2D eigenvalue weighted by atomic mass is 35.5. The fourth-order valence-corrected chi connectivity index (χ4v) is 1.78. The molecular formula is C15H16ClN3O3. The number of pyridine rings is 1. The van der Waals surface area contributed by atoms with Crippen molar-refractivity contribution < 1.29 is 14.3 Å². The van der Waals surface area contributed by atoms with Crippen molar-refractivity contribution in [3.63, 3.8) is 0 Å². The summed E-state index contributed by atoms with van der Waals surface area (Å²) < 4.78 is 5.16. The molecule has 0 aliphatic rings. The topological polar surface area (TPSA) is 80.3 Å². The quantitative estimate of drug-likeness (QED) is 0.907. The molecule has 0 unspecified atom stereocenters. The van der Waals surface area contributed by atoms with Crippen molar-refractivity contribution in [3.8, 4) is 5.75 Å². The molecule has 0 radical (unpaired) electrons. The summed E-state index contributed by atoms with van der Waals surface area (Å²) in [5.74, 6) is 0.0503. The molecule has 0 aliphatic carbocycles. The van der Waals surface area contributed by atoms with E-state index < -0.39 is 0 Å². The van der Waals surface area contributed by atoms with E-state index in [1.165, 1.54) is 14.0 Å². The second kappa shape index (κ2) is 7.99. The summed E-state index contributed by atoms with van der Waals surface area (Å²) in [6, 6.07) is 8.25. The van der Waals surface area contributed by atoms with Gasteiger partial charge in [0.15, 0.2) is 0 Å². The molecule has 0 atom stereocenters. The Morgan fingerprint density at radius 1 is 1.09 bits per heavy atom.